The van der Waals surface area contributed by atoms with Gasteiger partial charge in [-0.25, -0.2) is 24.6 Å². The van der Waals surface area contributed by atoms with Gasteiger partial charge in [-0.15, -0.1) is 0 Å². The minimum absolute atomic E-state index is 0.0716. The van der Waals surface area contributed by atoms with Crippen molar-refractivity contribution in [3.8, 4) is 11.3 Å². The lowest BCUT2D eigenvalue weighted by molar-refractivity contribution is -0.137. The smallest absolute Gasteiger partial charge is 0.358 e. The summed E-state index contributed by atoms with van der Waals surface area (Å²) in [4.78, 5) is 33.1. The molecule has 182 valence electrons. The van der Waals surface area contributed by atoms with Crippen molar-refractivity contribution >= 4 is 22.2 Å². The van der Waals surface area contributed by atoms with Gasteiger partial charge in [-0.3, -0.25) is 4.79 Å². The molecule has 0 bridgehead atoms. The van der Waals surface area contributed by atoms with Gasteiger partial charge in [-0.05, 0) is 20.8 Å². The molecule has 1 amide bonds. The van der Waals surface area contributed by atoms with Gasteiger partial charge < -0.3 is 9.80 Å². The third-order valence-corrected chi connectivity index (χ3v) is 6.79. The molecular weight excluding hydrogens is 469 g/mol. The Kier molecular flexibility index (Phi) is 6.56. The molecule has 34 heavy (non-hydrogen) atoms. The van der Waals surface area contributed by atoms with Gasteiger partial charge in [0, 0.05) is 50.1 Å². The van der Waals surface area contributed by atoms with Crippen molar-refractivity contribution in [2.75, 3.05) is 24.5 Å². The van der Waals surface area contributed by atoms with Gasteiger partial charge in [-0.1, -0.05) is 18.3 Å². The highest BCUT2D eigenvalue weighted by Crippen LogP contribution is 2.42. The molecule has 1 aliphatic heterocycles. The summed E-state index contributed by atoms with van der Waals surface area (Å²) in [6, 6.07) is -0.214. The molecule has 3 aromatic rings. The van der Waals surface area contributed by atoms with Crippen molar-refractivity contribution in [2.45, 2.75) is 52.9 Å². The Bertz CT molecular complexity index is 1170. The van der Waals surface area contributed by atoms with E-state index >= 15 is 0 Å². The Morgan fingerprint density at radius 1 is 1.18 bits per heavy atom. The third kappa shape index (κ3) is 4.88. The molecule has 1 fully saturated rings. The fraction of sp³-hybridized carbons (Fsp3) is 0.524. The minimum Gasteiger partial charge on any atom is -0.358 e. The van der Waals surface area contributed by atoms with Gasteiger partial charge in [0.25, 0.3) is 0 Å². The molecule has 9 nitrogen and oxygen atoms in total. The summed E-state index contributed by atoms with van der Waals surface area (Å²) in [5.74, 6) is 1.75. The minimum atomic E-state index is -4.56. The molecule has 4 rings (SSSR count). The molecular formula is C21H25F3N8OS. The van der Waals surface area contributed by atoms with Crippen LogP contribution in [0.3, 0.4) is 0 Å². The maximum atomic E-state index is 13.5. The van der Waals surface area contributed by atoms with E-state index in [0.717, 1.165) is 0 Å². The summed E-state index contributed by atoms with van der Waals surface area (Å²) in [6.45, 7) is 8.53. The van der Waals surface area contributed by atoms with Gasteiger partial charge >= 0.3 is 6.18 Å². The Balaban J connectivity index is 1.56. The number of anilines is 1. The van der Waals surface area contributed by atoms with E-state index in [0.29, 0.717) is 65.4 Å². The van der Waals surface area contributed by atoms with Crippen LogP contribution >= 0.6 is 11.3 Å². The third-order valence-electron chi connectivity index (χ3n) is 5.63. The van der Waals surface area contributed by atoms with E-state index in [1.54, 1.807) is 23.4 Å². The summed E-state index contributed by atoms with van der Waals surface area (Å²) < 4.78 is 42.1. The van der Waals surface area contributed by atoms with Gasteiger partial charge in [-0.2, -0.15) is 18.3 Å². The number of piperazine rings is 1. The van der Waals surface area contributed by atoms with Crippen molar-refractivity contribution in [1.82, 2.24) is 34.6 Å². The summed E-state index contributed by atoms with van der Waals surface area (Å²) >= 11 is 0.605. The first-order chi connectivity index (χ1) is 16.1. The van der Waals surface area contributed by atoms with E-state index in [4.69, 9.17) is 0 Å². The average Bonchev–Trinajstić information content (AvgIpc) is 3.37. The number of nitrogens with zero attached hydrogens (tertiary/aromatic N) is 8. The number of carbonyl (C=O) groups excluding carboxylic acids is 1. The van der Waals surface area contributed by atoms with E-state index in [-0.39, 0.29) is 24.2 Å². The van der Waals surface area contributed by atoms with Crippen LogP contribution in [0.15, 0.2) is 12.4 Å². The lowest BCUT2D eigenvalue weighted by atomic mass is 10.1. The normalized spacial score (nSPS) is 16.9. The summed E-state index contributed by atoms with van der Waals surface area (Å²) in [6.07, 6.45) is -0.912. The molecule has 0 spiro atoms. The first kappa shape index (κ1) is 24.0. The number of aryl methyl sites for hydroxylation is 3. The van der Waals surface area contributed by atoms with Crippen LogP contribution in [0.4, 0.5) is 18.2 Å². The molecule has 3 aromatic heterocycles. The van der Waals surface area contributed by atoms with Crippen LogP contribution in [-0.4, -0.2) is 66.2 Å². The molecule has 0 saturated carbocycles. The van der Waals surface area contributed by atoms with Crippen LogP contribution < -0.4 is 4.90 Å². The second-order valence-corrected chi connectivity index (χ2v) is 9.14. The van der Waals surface area contributed by atoms with E-state index in [1.807, 2.05) is 18.7 Å². The molecule has 0 N–H and O–H groups in total. The van der Waals surface area contributed by atoms with Crippen molar-refractivity contribution in [3.05, 3.63) is 34.9 Å². The van der Waals surface area contributed by atoms with Gasteiger partial charge in [0.1, 0.15) is 34.7 Å². The molecule has 0 unspecified atom stereocenters. The standard InChI is InChI=1S/C21H25F3N8OS/c1-5-16-25-8-15(9-26-16)18-19(34-20(28-18)21(22,23)24)30-6-7-31(12(2)10-30)17(33)11-32-14(4)27-13(3)29-32/h8-9,12H,5-7,10-11H2,1-4H3/t12-/m1/s1. The van der Waals surface area contributed by atoms with Gasteiger partial charge in [0.15, 0.2) is 0 Å². The van der Waals surface area contributed by atoms with Gasteiger partial charge in [0.2, 0.25) is 10.9 Å². The first-order valence-corrected chi connectivity index (χ1v) is 11.7. The topological polar surface area (TPSA) is 92.9 Å². The maximum Gasteiger partial charge on any atom is 0.443 e. The largest absolute Gasteiger partial charge is 0.443 e. The number of halogens is 3. The van der Waals surface area contributed by atoms with E-state index in [2.05, 4.69) is 25.0 Å². The molecule has 0 radical (unpaired) electrons. The highest BCUT2D eigenvalue weighted by Gasteiger charge is 2.38. The molecule has 4 heterocycles. The van der Waals surface area contributed by atoms with Crippen molar-refractivity contribution in [3.63, 3.8) is 0 Å². The lowest BCUT2D eigenvalue weighted by Crippen LogP contribution is -2.54. The number of carbonyl (C=O) groups is 1. The van der Waals surface area contributed by atoms with Crippen molar-refractivity contribution in [1.29, 1.82) is 0 Å². The van der Waals surface area contributed by atoms with E-state index in [9.17, 15) is 18.0 Å². The number of alkyl halides is 3. The highest BCUT2D eigenvalue weighted by molar-refractivity contribution is 7.16. The maximum absolute atomic E-state index is 13.5. The van der Waals surface area contributed by atoms with Crippen LogP contribution in [0.2, 0.25) is 0 Å². The number of amides is 1. The summed E-state index contributed by atoms with van der Waals surface area (Å²) in [7, 11) is 0. The number of thiazole rings is 1. The van der Waals surface area contributed by atoms with E-state index in [1.165, 1.54) is 12.4 Å². The quantitative estimate of drug-likeness (QED) is 0.538. The second kappa shape index (κ2) is 9.28. The first-order valence-electron chi connectivity index (χ1n) is 10.9. The lowest BCUT2D eigenvalue weighted by Gasteiger charge is -2.40. The average molecular weight is 495 g/mol. The van der Waals surface area contributed by atoms with Crippen LogP contribution in [0, 0.1) is 13.8 Å². The number of aromatic nitrogens is 6. The molecule has 0 aliphatic carbocycles. The number of hydrogen-bond acceptors (Lipinski definition) is 8. The van der Waals surface area contributed by atoms with Crippen LogP contribution in [0.1, 0.15) is 36.3 Å². The molecule has 1 atom stereocenters. The monoisotopic (exact) mass is 494 g/mol. The zero-order chi connectivity index (χ0) is 24.6. The summed E-state index contributed by atoms with van der Waals surface area (Å²) in [5, 5.41) is 3.73. The van der Waals surface area contributed by atoms with Crippen LogP contribution in [0.5, 0.6) is 0 Å². The fourth-order valence-corrected chi connectivity index (χ4v) is 4.93. The molecule has 1 aliphatic rings. The zero-order valence-electron chi connectivity index (χ0n) is 19.3. The molecule has 1 saturated heterocycles. The van der Waals surface area contributed by atoms with E-state index < -0.39 is 11.2 Å². The Morgan fingerprint density at radius 3 is 2.44 bits per heavy atom. The highest BCUT2D eigenvalue weighted by atomic mass is 32.1. The molecule has 0 aromatic carbocycles. The van der Waals surface area contributed by atoms with Gasteiger partial charge in [0.05, 0.1) is 0 Å². The SMILES string of the molecule is CCc1ncc(-c2nc(C(F)(F)F)sc2N2CCN(C(=O)Cn3nc(C)nc3C)[C@H](C)C2)cn1. The predicted molar refractivity (Wildman–Crippen MR) is 120 cm³/mol. The Morgan fingerprint density at radius 2 is 1.88 bits per heavy atom. The van der Waals surface area contributed by atoms with Crippen LogP contribution in [-0.2, 0) is 23.9 Å². The zero-order valence-corrected chi connectivity index (χ0v) is 20.1. The number of rotatable bonds is 5. The fourth-order valence-electron chi connectivity index (χ4n) is 3.94. The molecule has 13 heteroatoms. The Labute approximate surface area is 198 Å². The predicted octanol–water partition coefficient (Wildman–Crippen LogP) is 3.13. The van der Waals surface area contributed by atoms with Crippen molar-refractivity contribution < 1.29 is 18.0 Å². The van der Waals surface area contributed by atoms with Crippen LogP contribution in [0.25, 0.3) is 11.3 Å². The summed E-state index contributed by atoms with van der Waals surface area (Å²) in [5.41, 5.74) is 0.641. The second-order valence-electron chi connectivity index (χ2n) is 8.16. The van der Waals surface area contributed by atoms with Crippen molar-refractivity contribution in [2.24, 2.45) is 0 Å². The Hall–Kier alpha value is -3.09. The number of hydrogen-bond donors (Lipinski definition) is 0.